The van der Waals surface area contributed by atoms with Crippen molar-refractivity contribution < 1.29 is 9.26 Å². The van der Waals surface area contributed by atoms with E-state index in [0.717, 1.165) is 31.8 Å². The molecule has 1 aromatic heterocycles. The Labute approximate surface area is 108 Å². The second-order valence-electron chi connectivity index (χ2n) is 5.27. The van der Waals surface area contributed by atoms with Gasteiger partial charge in [0.1, 0.15) is 0 Å². The SMILES string of the molecule is CC[C@@H]1CCN(c2nc(C(C)C)no2)C[C@@H]1OC. The van der Waals surface area contributed by atoms with Gasteiger partial charge in [0.2, 0.25) is 0 Å². The molecule has 0 N–H and O–H groups in total. The number of piperidine rings is 1. The third-order valence-electron chi connectivity index (χ3n) is 3.74. The second-order valence-corrected chi connectivity index (χ2v) is 5.27. The van der Waals surface area contributed by atoms with E-state index in [-0.39, 0.29) is 6.10 Å². The predicted molar refractivity (Wildman–Crippen MR) is 69.8 cm³/mol. The summed E-state index contributed by atoms with van der Waals surface area (Å²) in [5.41, 5.74) is 0. The first kappa shape index (κ1) is 13.3. The summed E-state index contributed by atoms with van der Waals surface area (Å²) in [4.78, 5) is 6.58. The van der Waals surface area contributed by atoms with Gasteiger partial charge in [-0.1, -0.05) is 32.3 Å². The van der Waals surface area contributed by atoms with Crippen molar-refractivity contribution in [2.75, 3.05) is 25.1 Å². The number of ether oxygens (including phenoxy) is 1. The molecule has 0 unspecified atom stereocenters. The minimum Gasteiger partial charge on any atom is -0.379 e. The number of hydrogen-bond acceptors (Lipinski definition) is 5. The van der Waals surface area contributed by atoms with E-state index in [1.165, 1.54) is 0 Å². The summed E-state index contributed by atoms with van der Waals surface area (Å²) >= 11 is 0. The largest absolute Gasteiger partial charge is 0.379 e. The van der Waals surface area contributed by atoms with Gasteiger partial charge in [-0.25, -0.2) is 0 Å². The van der Waals surface area contributed by atoms with Crippen molar-refractivity contribution in [2.24, 2.45) is 5.92 Å². The minimum atomic E-state index is 0.262. The van der Waals surface area contributed by atoms with Crippen molar-refractivity contribution in [3.8, 4) is 0 Å². The van der Waals surface area contributed by atoms with E-state index < -0.39 is 0 Å². The fourth-order valence-corrected chi connectivity index (χ4v) is 2.46. The molecule has 18 heavy (non-hydrogen) atoms. The molecule has 0 saturated carbocycles. The first-order chi connectivity index (χ1) is 8.65. The molecule has 0 spiro atoms. The van der Waals surface area contributed by atoms with E-state index in [1.54, 1.807) is 7.11 Å². The van der Waals surface area contributed by atoms with Gasteiger partial charge < -0.3 is 14.2 Å². The van der Waals surface area contributed by atoms with Gasteiger partial charge >= 0.3 is 6.01 Å². The van der Waals surface area contributed by atoms with Crippen LogP contribution in [0.3, 0.4) is 0 Å². The summed E-state index contributed by atoms with van der Waals surface area (Å²) in [6.45, 7) is 8.16. The maximum atomic E-state index is 5.57. The lowest BCUT2D eigenvalue weighted by atomic mass is 9.91. The van der Waals surface area contributed by atoms with Crippen molar-refractivity contribution in [3.05, 3.63) is 5.82 Å². The third kappa shape index (κ3) is 2.66. The number of methoxy groups -OCH3 is 1. The Bertz CT molecular complexity index is 378. The van der Waals surface area contributed by atoms with Gasteiger partial charge in [-0.3, -0.25) is 0 Å². The van der Waals surface area contributed by atoms with Gasteiger partial charge in [-0.15, -0.1) is 0 Å². The maximum absolute atomic E-state index is 5.57. The van der Waals surface area contributed by atoms with Crippen molar-refractivity contribution in [1.29, 1.82) is 0 Å². The van der Waals surface area contributed by atoms with Gasteiger partial charge in [0.05, 0.1) is 6.10 Å². The van der Waals surface area contributed by atoms with Crippen LogP contribution in [0, 0.1) is 5.92 Å². The molecule has 2 heterocycles. The van der Waals surface area contributed by atoms with Crippen LogP contribution in [0.25, 0.3) is 0 Å². The van der Waals surface area contributed by atoms with Gasteiger partial charge in [0, 0.05) is 26.1 Å². The molecule has 0 aromatic carbocycles. The number of rotatable bonds is 4. The third-order valence-corrected chi connectivity index (χ3v) is 3.74. The molecule has 1 aliphatic rings. The predicted octanol–water partition coefficient (Wildman–Crippen LogP) is 2.44. The monoisotopic (exact) mass is 253 g/mol. The Balaban J connectivity index is 2.05. The molecule has 0 radical (unpaired) electrons. The van der Waals surface area contributed by atoms with E-state index in [2.05, 4.69) is 35.8 Å². The van der Waals surface area contributed by atoms with Gasteiger partial charge in [-0.2, -0.15) is 4.98 Å². The summed E-state index contributed by atoms with van der Waals surface area (Å²) < 4.78 is 10.9. The molecule has 5 nitrogen and oxygen atoms in total. The standard InChI is InChI=1S/C13H23N3O2/c1-5-10-6-7-16(8-11(10)17-4)13-14-12(9(2)3)15-18-13/h9-11H,5-8H2,1-4H3/t10-,11+/m1/s1. The topological polar surface area (TPSA) is 51.4 Å². The Kier molecular flexibility index (Phi) is 4.22. The van der Waals surface area contributed by atoms with Crippen molar-refractivity contribution in [2.45, 2.75) is 45.6 Å². The second kappa shape index (κ2) is 5.69. The summed E-state index contributed by atoms with van der Waals surface area (Å²) in [5, 5.41) is 4.01. The van der Waals surface area contributed by atoms with E-state index in [4.69, 9.17) is 9.26 Å². The van der Waals surface area contributed by atoms with E-state index in [0.29, 0.717) is 17.9 Å². The summed E-state index contributed by atoms with van der Waals surface area (Å²) in [5.74, 6) is 1.71. The van der Waals surface area contributed by atoms with Crippen LogP contribution in [0.4, 0.5) is 6.01 Å². The molecule has 2 rings (SSSR count). The fraction of sp³-hybridized carbons (Fsp3) is 0.846. The molecule has 1 saturated heterocycles. The maximum Gasteiger partial charge on any atom is 0.324 e. The van der Waals surface area contributed by atoms with Gasteiger partial charge in [-0.05, 0) is 12.3 Å². The summed E-state index contributed by atoms with van der Waals surface area (Å²) in [6, 6.07) is 0.635. The summed E-state index contributed by atoms with van der Waals surface area (Å²) in [6.07, 6.45) is 2.54. The molecular formula is C13H23N3O2. The number of nitrogens with zero attached hydrogens (tertiary/aromatic N) is 3. The highest BCUT2D eigenvalue weighted by molar-refractivity contribution is 5.27. The molecular weight excluding hydrogens is 230 g/mol. The van der Waals surface area contributed by atoms with Crippen LogP contribution in [0.2, 0.25) is 0 Å². The Morgan fingerprint density at radius 3 is 2.83 bits per heavy atom. The lowest BCUT2D eigenvalue weighted by Crippen LogP contribution is -2.44. The minimum absolute atomic E-state index is 0.262. The zero-order chi connectivity index (χ0) is 13.1. The average molecular weight is 253 g/mol. The molecule has 0 aliphatic carbocycles. The van der Waals surface area contributed by atoms with Crippen molar-refractivity contribution in [1.82, 2.24) is 10.1 Å². The lowest BCUT2D eigenvalue weighted by Gasteiger charge is -2.36. The highest BCUT2D eigenvalue weighted by Gasteiger charge is 2.30. The van der Waals surface area contributed by atoms with Gasteiger partial charge in [0.25, 0.3) is 0 Å². The van der Waals surface area contributed by atoms with Crippen LogP contribution in [-0.4, -0.2) is 36.4 Å². The molecule has 0 amide bonds. The van der Waals surface area contributed by atoms with Crippen LogP contribution in [0.1, 0.15) is 45.4 Å². The molecule has 0 bridgehead atoms. The molecule has 102 valence electrons. The zero-order valence-corrected chi connectivity index (χ0v) is 11.7. The normalized spacial score (nSPS) is 24.8. The Morgan fingerprint density at radius 2 is 2.28 bits per heavy atom. The van der Waals surface area contributed by atoms with Crippen molar-refractivity contribution >= 4 is 6.01 Å². The fourth-order valence-electron chi connectivity index (χ4n) is 2.46. The quantitative estimate of drug-likeness (QED) is 0.825. The Hall–Kier alpha value is -1.10. The average Bonchev–Trinajstić information content (AvgIpc) is 2.87. The first-order valence-electron chi connectivity index (χ1n) is 6.77. The smallest absolute Gasteiger partial charge is 0.324 e. The molecule has 1 aliphatic heterocycles. The molecule has 1 fully saturated rings. The highest BCUT2D eigenvalue weighted by Crippen LogP contribution is 2.26. The molecule has 5 heteroatoms. The van der Waals surface area contributed by atoms with Crippen LogP contribution in [-0.2, 0) is 4.74 Å². The Morgan fingerprint density at radius 1 is 1.50 bits per heavy atom. The van der Waals surface area contributed by atoms with E-state index in [9.17, 15) is 0 Å². The molecule has 2 atom stereocenters. The highest BCUT2D eigenvalue weighted by atomic mass is 16.5. The number of hydrogen-bond donors (Lipinski definition) is 0. The number of aromatic nitrogens is 2. The lowest BCUT2D eigenvalue weighted by molar-refractivity contribution is 0.0395. The van der Waals surface area contributed by atoms with Crippen LogP contribution in [0.5, 0.6) is 0 Å². The number of anilines is 1. The van der Waals surface area contributed by atoms with Crippen LogP contribution < -0.4 is 4.90 Å². The van der Waals surface area contributed by atoms with Crippen molar-refractivity contribution in [3.63, 3.8) is 0 Å². The van der Waals surface area contributed by atoms with Crippen LogP contribution in [0.15, 0.2) is 4.52 Å². The summed E-state index contributed by atoms with van der Waals surface area (Å²) in [7, 11) is 1.78. The first-order valence-corrected chi connectivity index (χ1v) is 6.77. The zero-order valence-electron chi connectivity index (χ0n) is 11.7. The molecule has 1 aromatic rings. The van der Waals surface area contributed by atoms with E-state index >= 15 is 0 Å². The van der Waals surface area contributed by atoms with Crippen LogP contribution >= 0.6 is 0 Å². The van der Waals surface area contributed by atoms with E-state index in [1.807, 2.05) is 0 Å². The van der Waals surface area contributed by atoms with Gasteiger partial charge in [0.15, 0.2) is 5.82 Å².